The highest BCUT2D eigenvalue weighted by Gasteiger charge is 2.26. The van der Waals surface area contributed by atoms with Gasteiger partial charge in [-0.1, -0.05) is 44.5 Å². The molecule has 0 bridgehead atoms. The summed E-state index contributed by atoms with van der Waals surface area (Å²) < 4.78 is 1.67. The number of carbonyl (C=O) groups is 1. The van der Waals surface area contributed by atoms with Crippen molar-refractivity contribution in [2.75, 3.05) is 13.1 Å². The molecule has 2 N–H and O–H groups in total. The predicted octanol–water partition coefficient (Wildman–Crippen LogP) is 2.77. The first kappa shape index (κ1) is 17.9. The van der Waals surface area contributed by atoms with Crippen molar-refractivity contribution >= 4 is 17.5 Å². The lowest BCUT2D eigenvalue weighted by Crippen LogP contribution is -2.50. The average Bonchev–Trinajstić information content (AvgIpc) is 3.03. The molecule has 1 saturated heterocycles. The van der Waals surface area contributed by atoms with Crippen LogP contribution in [0.1, 0.15) is 49.6 Å². The maximum absolute atomic E-state index is 12.7. The molecule has 1 amide bonds. The number of benzene rings is 1. The Morgan fingerprint density at radius 2 is 2.16 bits per heavy atom. The van der Waals surface area contributed by atoms with E-state index in [1.165, 1.54) is 0 Å². The number of para-hydroxylation sites is 1. The summed E-state index contributed by atoms with van der Waals surface area (Å²) in [6, 6.07) is 7.52. The van der Waals surface area contributed by atoms with E-state index < -0.39 is 0 Å². The molecular formula is C18H24ClN5O. The minimum absolute atomic E-state index is 0.0935. The van der Waals surface area contributed by atoms with Gasteiger partial charge in [0.2, 0.25) is 5.82 Å². The normalized spacial score (nSPS) is 20.7. The second-order valence-electron chi connectivity index (χ2n) is 6.86. The molecule has 3 rings (SSSR count). The van der Waals surface area contributed by atoms with Gasteiger partial charge in [0.25, 0.3) is 5.91 Å². The van der Waals surface area contributed by atoms with Gasteiger partial charge in [-0.2, -0.15) is 0 Å². The lowest BCUT2D eigenvalue weighted by Gasteiger charge is -2.29. The van der Waals surface area contributed by atoms with E-state index in [1.807, 2.05) is 32.0 Å². The Morgan fingerprint density at radius 1 is 1.40 bits per heavy atom. The largest absolute Gasteiger partial charge is 0.345 e. The smallest absolute Gasteiger partial charge is 0.291 e. The van der Waals surface area contributed by atoms with Crippen molar-refractivity contribution in [3.63, 3.8) is 0 Å². The number of carbonyl (C=O) groups excluding carboxylic acids is 1. The van der Waals surface area contributed by atoms with Crippen molar-refractivity contribution in [1.29, 1.82) is 0 Å². The lowest BCUT2D eigenvalue weighted by atomic mass is 9.95. The minimum Gasteiger partial charge on any atom is -0.345 e. The summed E-state index contributed by atoms with van der Waals surface area (Å²) in [4.78, 5) is 17.1. The Morgan fingerprint density at radius 3 is 2.84 bits per heavy atom. The number of piperidine rings is 1. The molecule has 2 unspecified atom stereocenters. The van der Waals surface area contributed by atoms with Crippen molar-refractivity contribution in [3.8, 4) is 5.69 Å². The molecular weight excluding hydrogens is 338 g/mol. The zero-order valence-electron chi connectivity index (χ0n) is 14.8. The van der Waals surface area contributed by atoms with Crippen molar-refractivity contribution in [3.05, 3.63) is 40.9 Å². The third kappa shape index (κ3) is 3.85. The van der Waals surface area contributed by atoms with Crippen LogP contribution >= 0.6 is 11.6 Å². The fourth-order valence-corrected chi connectivity index (χ4v) is 3.23. The number of halogens is 1. The van der Waals surface area contributed by atoms with Gasteiger partial charge in [0.15, 0.2) is 0 Å². The third-order valence-electron chi connectivity index (χ3n) is 4.58. The van der Waals surface area contributed by atoms with Crippen LogP contribution in [0.3, 0.4) is 0 Å². The van der Waals surface area contributed by atoms with E-state index in [1.54, 1.807) is 10.7 Å². The van der Waals surface area contributed by atoms with Crippen molar-refractivity contribution in [2.45, 2.75) is 39.2 Å². The van der Waals surface area contributed by atoms with Gasteiger partial charge in [0.05, 0.1) is 10.7 Å². The maximum atomic E-state index is 12.7. The number of rotatable bonds is 4. The van der Waals surface area contributed by atoms with Gasteiger partial charge >= 0.3 is 0 Å². The SMILES string of the molecule is CC(C)c1nc(C(=O)NC2CNCCC2C)nn1-c1ccccc1Cl. The molecule has 1 fully saturated rings. The first-order chi connectivity index (χ1) is 12.0. The molecule has 1 aromatic carbocycles. The van der Waals surface area contributed by atoms with Crippen molar-refractivity contribution in [2.24, 2.45) is 5.92 Å². The standard InChI is InChI=1S/C18H24ClN5O/c1-11(2)17-22-16(18(25)21-14-10-20-9-8-12(14)3)23-24(17)15-7-5-4-6-13(15)19/h4-7,11-12,14,20H,8-10H2,1-3H3,(H,21,25). The number of nitrogens with one attached hydrogen (secondary N) is 2. The van der Waals surface area contributed by atoms with Crippen LogP contribution in [0.25, 0.3) is 5.69 Å². The first-order valence-electron chi connectivity index (χ1n) is 8.70. The first-order valence-corrected chi connectivity index (χ1v) is 9.08. The average molecular weight is 362 g/mol. The van der Waals surface area contributed by atoms with Gasteiger partial charge in [-0.3, -0.25) is 4.79 Å². The Kier molecular flexibility index (Phi) is 5.39. The number of nitrogens with zero attached hydrogens (tertiary/aromatic N) is 3. The Hall–Kier alpha value is -1.92. The summed E-state index contributed by atoms with van der Waals surface area (Å²) in [5, 5.41) is 11.4. The van der Waals surface area contributed by atoms with Gasteiger partial charge < -0.3 is 10.6 Å². The van der Waals surface area contributed by atoms with Gasteiger partial charge in [0, 0.05) is 18.5 Å². The minimum atomic E-state index is -0.242. The fraction of sp³-hybridized carbons (Fsp3) is 0.500. The zero-order chi connectivity index (χ0) is 18.0. The number of hydrogen-bond acceptors (Lipinski definition) is 4. The molecule has 0 radical (unpaired) electrons. The number of amides is 1. The van der Waals surface area contributed by atoms with E-state index in [4.69, 9.17) is 11.6 Å². The van der Waals surface area contributed by atoms with Crippen LogP contribution in [0.2, 0.25) is 5.02 Å². The fourth-order valence-electron chi connectivity index (χ4n) is 3.01. The Bertz CT molecular complexity index is 758. The molecule has 0 spiro atoms. The van der Waals surface area contributed by atoms with E-state index >= 15 is 0 Å². The second-order valence-corrected chi connectivity index (χ2v) is 7.27. The predicted molar refractivity (Wildman–Crippen MR) is 98.4 cm³/mol. The van der Waals surface area contributed by atoms with Gasteiger partial charge in [-0.15, -0.1) is 5.10 Å². The summed E-state index contributed by atoms with van der Waals surface area (Å²) in [5.41, 5.74) is 0.729. The van der Waals surface area contributed by atoms with Crippen LogP contribution in [0.15, 0.2) is 24.3 Å². The van der Waals surface area contributed by atoms with Gasteiger partial charge in [-0.25, -0.2) is 9.67 Å². The molecule has 134 valence electrons. The Balaban J connectivity index is 1.89. The van der Waals surface area contributed by atoms with Gasteiger partial charge in [0.1, 0.15) is 5.82 Å². The molecule has 1 aliphatic rings. The molecule has 0 saturated carbocycles. The summed E-state index contributed by atoms with van der Waals surface area (Å²) in [7, 11) is 0. The van der Waals surface area contributed by atoms with Crippen molar-refractivity contribution in [1.82, 2.24) is 25.4 Å². The summed E-state index contributed by atoms with van der Waals surface area (Å²) >= 11 is 6.30. The van der Waals surface area contributed by atoms with E-state index in [0.717, 1.165) is 25.2 Å². The third-order valence-corrected chi connectivity index (χ3v) is 4.90. The highest BCUT2D eigenvalue weighted by Crippen LogP contribution is 2.23. The van der Waals surface area contributed by atoms with Crippen LogP contribution in [0.4, 0.5) is 0 Å². The van der Waals surface area contributed by atoms with Crippen LogP contribution in [-0.4, -0.2) is 39.8 Å². The zero-order valence-corrected chi connectivity index (χ0v) is 15.5. The van der Waals surface area contributed by atoms with E-state index in [0.29, 0.717) is 16.8 Å². The van der Waals surface area contributed by atoms with Gasteiger partial charge in [-0.05, 0) is 31.0 Å². The molecule has 2 aromatic rings. The lowest BCUT2D eigenvalue weighted by molar-refractivity contribution is 0.0904. The van der Waals surface area contributed by atoms with Crippen LogP contribution < -0.4 is 10.6 Å². The van der Waals surface area contributed by atoms with E-state index in [9.17, 15) is 4.79 Å². The second kappa shape index (κ2) is 7.54. The highest BCUT2D eigenvalue weighted by atomic mass is 35.5. The molecule has 1 aromatic heterocycles. The summed E-state index contributed by atoms with van der Waals surface area (Å²) in [5.74, 6) is 1.20. The van der Waals surface area contributed by atoms with Crippen LogP contribution in [-0.2, 0) is 0 Å². The van der Waals surface area contributed by atoms with Crippen LogP contribution in [0.5, 0.6) is 0 Å². The molecule has 25 heavy (non-hydrogen) atoms. The molecule has 2 atom stereocenters. The van der Waals surface area contributed by atoms with E-state index in [2.05, 4.69) is 27.6 Å². The molecule has 7 heteroatoms. The molecule has 6 nitrogen and oxygen atoms in total. The topological polar surface area (TPSA) is 71.8 Å². The van der Waals surface area contributed by atoms with Crippen molar-refractivity contribution < 1.29 is 4.79 Å². The number of aromatic nitrogens is 3. The summed E-state index contributed by atoms with van der Waals surface area (Å²) in [6.07, 6.45) is 1.05. The number of hydrogen-bond donors (Lipinski definition) is 2. The quantitative estimate of drug-likeness (QED) is 0.878. The van der Waals surface area contributed by atoms with Crippen LogP contribution in [0, 0.1) is 5.92 Å². The maximum Gasteiger partial charge on any atom is 0.291 e. The molecule has 1 aliphatic heterocycles. The highest BCUT2D eigenvalue weighted by molar-refractivity contribution is 6.32. The Labute approximate surface area is 153 Å². The van der Waals surface area contributed by atoms with E-state index in [-0.39, 0.29) is 23.7 Å². The molecule has 0 aliphatic carbocycles. The monoisotopic (exact) mass is 361 g/mol. The molecule has 2 heterocycles. The summed E-state index contributed by atoms with van der Waals surface area (Å²) in [6.45, 7) is 7.96.